The average molecular weight is 459 g/mol. The van der Waals surface area contributed by atoms with E-state index >= 15 is 0 Å². The molecule has 2 rings (SSSR count). The number of benzene rings is 2. The van der Waals surface area contributed by atoms with E-state index in [0.717, 1.165) is 31.0 Å². The average Bonchev–Trinajstić information content (AvgIpc) is 2.46. The van der Waals surface area contributed by atoms with Gasteiger partial charge in [-0.3, -0.25) is 0 Å². The van der Waals surface area contributed by atoms with E-state index in [1.807, 2.05) is 42.5 Å². The third-order valence-corrected chi connectivity index (χ3v) is 4.05. The number of hydrogen-bond acceptors (Lipinski definition) is 2. The van der Waals surface area contributed by atoms with Gasteiger partial charge in [-0.1, -0.05) is 34.1 Å². The molecule has 0 aliphatic rings. The van der Waals surface area contributed by atoms with Crippen LogP contribution in [0.5, 0.6) is 5.75 Å². The molecule has 0 radical (unpaired) electrons. The van der Waals surface area contributed by atoms with Crippen molar-refractivity contribution in [1.82, 2.24) is 0 Å². The normalized spacial score (nSPS) is 10.8. The Labute approximate surface area is 144 Å². The fraction of sp³-hybridized carbons (Fsp3) is 0.0625. The maximum atomic E-state index is 10.5. The summed E-state index contributed by atoms with van der Waals surface area (Å²) in [5.41, 5.74) is 1.92. The van der Waals surface area contributed by atoms with Gasteiger partial charge >= 0.3 is 5.97 Å². The Morgan fingerprint density at radius 3 is 2.57 bits per heavy atom. The molecule has 0 aliphatic carbocycles. The van der Waals surface area contributed by atoms with E-state index in [4.69, 9.17) is 9.84 Å². The minimum atomic E-state index is -0.958. The van der Waals surface area contributed by atoms with Gasteiger partial charge in [0.1, 0.15) is 12.4 Å². The van der Waals surface area contributed by atoms with Gasteiger partial charge in [-0.05, 0) is 64.1 Å². The summed E-state index contributed by atoms with van der Waals surface area (Å²) in [4.78, 5) is 10.5. The van der Waals surface area contributed by atoms with Crippen molar-refractivity contribution in [2.24, 2.45) is 0 Å². The summed E-state index contributed by atoms with van der Waals surface area (Å²) in [6, 6.07) is 13.5. The second-order valence-corrected chi connectivity index (χ2v) is 6.35. The number of rotatable bonds is 5. The first kappa shape index (κ1) is 16.0. The van der Waals surface area contributed by atoms with Crippen LogP contribution in [-0.2, 0) is 11.4 Å². The van der Waals surface area contributed by atoms with Crippen LogP contribution in [-0.4, -0.2) is 11.1 Å². The number of ether oxygens (including phenoxy) is 1. The Hall–Kier alpha value is -1.34. The summed E-state index contributed by atoms with van der Waals surface area (Å²) >= 11 is 5.57. The smallest absolute Gasteiger partial charge is 0.328 e. The Bertz CT molecular complexity index is 666. The summed E-state index contributed by atoms with van der Waals surface area (Å²) in [6.07, 6.45) is 2.68. The topological polar surface area (TPSA) is 46.5 Å². The van der Waals surface area contributed by atoms with E-state index in [1.54, 1.807) is 6.08 Å². The molecule has 108 valence electrons. The highest BCUT2D eigenvalue weighted by molar-refractivity contribution is 14.1. The molecule has 0 bridgehead atoms. The zero-order chi connectivity index (χ0) is 15.2. The number of carboxylic acids is 1. The molecule has 21 heavy (non-hydrogen) atoms. The van der Waals surface area contributed by atoms with Crippen LogP contribution >= 0.6 is 38.5 Å². The van der Waals surface area contributed by atoms with Gasteiger partial charge in [-0.15, -0.1) is 0 Å². The molecule has 0 saturated carbocycles. The zero-order valence-corrected chi connectivity index (χ0v) is 14.7. The summed E-state index contributed by atoms with van der Waals surface area (Å²) < 4.78 is 7.76. The Kier molecular flexibility index (Phi) is 5.81. The van der Waals surface area contributed by atoms with Crippen molar-refractivity contribution in [2.45, 2.75) is 6.61 Å². The predicted octanol–water partition coefficient (Wildman–Crippen LogP) is 4.73. The van der Waals surface area contributed by atoms with Gasteiger partial charge in [0.05, 0.1) is 3.57 Å². The molecule has 0 heterocycles. The lowest BCUT2D eigenvalue weighted by atomic mass is 10.2. The minimum absolute atomic E-state index is 0.494. The summed E-state index contributed by atoms with van der Waals surface area (Å²) in [6.45, 7) is 0.494. The van der Waals surface area contributed by atoms with Crippen molar-refractivity contribution in [3.05, 3.63) is 67.7 Å². The highest BCUT2D eigenvalue weighted by Crippen LogP contribution is 2.24. The standard InChI is InChI=1S/C16H12BrIO3/c17-13-5-1-12(2-6-13)10-21-15-7-3-11(9-14(15)18)4-8-16(19)20/h1-9H,10H2,(H,19,20)/b8-4+. The zero-order valence-electron chi connectivity index (χ0n) is 10.9. The molecule has 2 aromatic rings. The van der Waals surface area contributed by atoms with Crippen LogP contribution in [0.4, 0.5) is 0 Å². The highest BCUT2D eigenvalue weighted by atomic mass is 127. The molecule has 0 unspecified atom stereocenters. The molecule has 0 spiro atoms. The maximum Gasteiger partial charge on any atom is 0.328 e. The highest BCUT2D eigenvalue weighted by Gasteiger charge is 2.03. The number of hydrogen-bond donors (Lipinski definition) is 1. The summed E-state index contributed by atoms with van der Waals surface area (Å²) in [7, 11) is 0. The van der Waals surface area contributed by atoms with Gasteiger partial charge in [0.2, 0.25) is 0 Å². The first-order chi connectivity index (χ1) is 10.0. The van der Waals surface area contributed by atoms with Crippen molar-refractivity contribution in [3.63, 3.8) is 0 Å². The first-order valence-corrected chi connectivity index (χ1v) is 7.99. The summed E-state index contributed by atoms with van der Waals surface area (Å²) in [5.74, 6) is -0.174. The first-order valence-electron chi connectivity index (χ1n) is 6.12. The fourth-order valence-corrected chi connectivity index (χ4v) is 2.61. The lowest BCUT2D eigenvalue weighted by Crippen LogP contribution is -1.97. The molecule has 5 heteroatoms. The molecular formula is C16H12BrIO3. The van der Waals surface area contributed by atoms with E-state index < -0.39 is 5.97 Å². The number of aliphatic carboxylic acids is 1. The van der Waals surface area contributed by atoms with Crippen LogP contribution in [0.1, 0.15) is 11.1 Å². The molecule has 0 aliphatic heterocycles. The van der Waals surface area contributed by atoms with Crippen LogP contribution in [0.3, 0.4) is 0 Å². The molecule has 2 aromatic carbocycles. The summed E-state index contributed by atoms with van der Waals surface area (Å²) in [5, 5.41) is 8.61. The quantitative estimate of drug-likeness (QED) is 0.520. The Morgan fingerprint density at radius 1 is 1.24 bits per heavy atom. The van der Waals surface area contributed by atoms with E-state index in [2.05, 4.69) is 38.5 Å². The molecule has 0 amide bonds. The lowest BCUT2D eigenvalue weighted by Gasteiger charge is -2.09. The second-order valence-electron chi connectivity index (χ2n) is 4.28. The van der Waals surface area contributed by atoms with Crippen molar-refractivity contribution in [3.8, 4) is 5.75 Å². The van der Waals surface area contributed by atoms with E-state index in [-0.39, 0.29) is 0 Å². The molecule has 1 N–H and O–H groups in total. The molecule has 0 atom stereocenters. The van der Waals surface area contributed by atoms with Gasteiger partial charge < -0.3 is 9.84 Å². The molecule has 0 aromatic heterocycles. The van der Waals surface area contributed by atoms with Crippen LogP contribution in [0.2, 0.25) is 0 Å². The minimum Gasteiger partial charge on any atom is -0.488 e. The third kappa shape index (κ3) is 5.17. The number of carbonyl (C=O) groups is 1. The van der Waals surface area contributed by atoms with E-state index in [9.17, 15) is 4.79 Å². The maximum absolute atomic E-state index is 10.5. The molecule has 0 fully saturated rings. The van der Waals surface area contributed by atoms with Crippen molar-refractivity contribution < 1.29 is 14.6 Å². The van der Waals surface area contributed by atoms with Crippen molar-refractivity contribution in [1.29, 1.82) is 0 Å². The Balaban J connectivity index is 2.04. The van der Waals surface area contributed by atoms with Crippen molar-refractivity contribution in [2.75, 3.05) is 0 Å². The van der Waals surface area contributed by atoms with E-state index in [1.165, 1.54) is 0 Å². The van der Waals surface area contributed by atoms with Gasteiger partial charge in [0.15, 0.2) is 0 Å². The van der Waals surface area contributed by atoms with Gasteiger partial charge in [-0.2, -0.15) is 0 Å². The molecule has 0 saturated heterocycles. The fourth-order valence-electron chi connectivity index (χ4n) is 1.65. The predicted molar refractivity (Wildman–Crippen MR) is 94.3 cm³/mol. The largest absolute Gasteiger partial charge is 0.488 e. The molecular weight excluding hydrogens is 447 g/mol. The van der Waals surface area contributed by atoms with Crippen LogP contribution in [0, 0.1) is 3.57 Å². The SMILES string of the molecule is O=C(O)/C=C/c1ccc(OCc2ccc(Br)cc2)c(I)c1. The van der Waals surface area contributed by atoms with Crippen LogP contribution in [0.25, 0.3) is 6.08 Å². The number of halogens is 2. The second kappa shape index (κ2) is 7.61. The number of carboxylic acid groups (broad SMARTS) is 1. The van der Waals surface area contributed by atoms with E-state index in [0.29, 0.717) is 6.61 Å². The van der Waals surface area contributed by atoms with Crippen LogP contribution < -0.4 is 4.74 Å². The van der Waals surface area contributed by atoms with Crippen molar-refractivity contribution >= 4 is 50.6 Å². The molecule has 3 nitrogen and oxygen atoms in total. The van der Waals surface area contributed by atoms with Gasteiger partial charge in [0, 0.05) is 10.5 Å². The lowest BCUT2D eigenvalue weighted by molar-refractivity contribution is -0.131. The third-order valence-electron chi connectivity index (χ3n) is 2.68. The van der Waals surface area contributed by atoms with Gasteiger partial charge in [-0.25, -0.2) is 4.79 Å². The van der Waals surface area contributed by atoms with Gasteiger partial charge in [0.25, 0.3) is 0 Å². The Morgan fingerprint density at radius 2 is 1.95 bits per heavy atom. The van der Waals surface area contributed by atoms with Crippen LogP contribution in [0.15, 0.2) is 53.0 Å². The monoisotopic (exact) mass is 458 g/mol.